The SMILES string of the molecule is CCOc1cc(C(C(C)S(=O)O)N2C(=O)c3ccccc3C2=O)ccc1OC. The number of carbonyl (C=O) groups is 2. The number of hydrogen-bond acceptors (Lipinski definition) is 5. The fraction of sp³-hybridized carbons (Fsp3) is 0.300. The van der Waals surface area contributed by atoms with Gasteiger partial charge in [-0.2, -0.15) is 0 Å². The lowest BCUT2D eigenvalue weighted by molar-refractivity contribution is 0.0580. The van der Waals surface area contributed by atoms with E-state index in [9.17, 15) is 18.4 Å². The molecule has 7 nitrogen and oxygen atoms in total. The number of fused-ring (bicyclic) bond motifs is 1. The molecule has 3 atom stereocenters. The largest absolute Gasteiger partial charge is 0.493 e. The van der Waals surface area contributed by atoms with Crippen LogP contribution < -0.4 is 9.47 Å². The summed E-state index contributed by atoms with van der Waals surface area (Å²) in [5.41, 5.74) is 1.08. The van der Waals surface area contributed by atoms with E-state index in [1.54, 1.807) is 42.5 Å². The highest BCUT2D eigenvalue weighted by atomic mass is 32.2. The molecule has 2 aromatic rings. The van der Waals surface area contributed by atoms with Crippen molar-refractivity contribution in [2.75, 3.05) is 13.7 Å². The Hall–Kier alpha value is -2.71. The second-order valence-electron chi connectivity index (χ2n) is 6.30. The quantitative estimate of drug-likeness (QED) is 0.564. The number of ether oxygens (including phenoxy) is 2. The molecule has 0 saturated carbocycles. The fourth-order valence-corrected chi connectivity index (χ4v) is 3.85. The number of nitrogens with zero attached hydrogens (tertiary/aromatic N) is 1. The van der Waals surface area contributed by atoms with E-state index in [2.05, 4.69) is 0 Å². The van der Waals surface area contributed by atoms with E-state index in [0.717, 1.165) is 4.90 Å². The van der Waals surface area contributed by atoms with E-state index in [1.165, 1.54) is 14.0 Å². The molecule has 1 N–H and O–H groups in total. The molecule has 2 aromatic carbocycles. The highest BCUT2D eigenvalue weighted by Gasteiger charge is 2.43. The summed E-state index contributed by atoms with van der Waals surface area (Å²) >= 11 is -2.27. The molecule has 8 heteroatoms. The first-order valence-electron chi connectivity index (χ1n) is 8.78. The van der Waals surface area contributed by atoms with E-state index in [4.69, 9.17) is 9.47 Å². The molecule has 3 unspecified atom stereocenters. The van der Waals surface area contributed by atoms with Gasteiger partial charge in [-0.1, -0.05) is 18.2 Å². The maximum Gasteiger partial charge on any atom is 0.262 e. The van der Waals surface area contributed by atoms with Gasteiger partial charge < -0.3 is 14.0 Å². The molecule has 0 spiro atoms. The lowest BCUT2D eigenvalue weighted by Crippen LogP contribution is -2.41. The predicted molar refractivity (Wildman–Crippen MR) is 104 cm³/mol. The summed E-state index contributed by atoms with van der Waals surface area (Å²) in [7, 11) is 1.50. The third-order valence-electron chi connectivity index (χ3n) is 4.70. The van der Waals surface area contributed by atoms with Crippen molar-refractivity contribution in [1.29, 1.82) is 0 Å². The van der Waals surface area contributed by atoms with E-state index >= 15 is 0 Å². The molecular formula is C20H21NO6S. The topological polar surface area (TPSA) is 93.1 Å². The third-order valence-corrected chi connectivity index (χ3v) is 5.59. The van der Waals surface area contributed by atoms with Crippen molar-refractivity contribution in [3.63, 3.8) is 0 Å². The van der Waals surface area contributed by atoms with Gasteiger partial charge in [-0.05, 0) is 43.7 Å². The van der Waals surface area contributed by atoms with Gasteiger partial charge in [0.25, 0.3) is 11.8 Å². The van der Waals surface area contributed by atoms with Crippen LogP contribution in [-0.2, 0) is 11.1 Å². The average Bonchev–Trinajstić information content (AvgIpc) is 2.94. The van der Waals surface area contributed by atoms with Gasteiger partial charge >= 0.3 is 0 Å². The molecule has 1 heterocycles. The smallest absolute Gasteiger partial charge is 0.262 e. The molecule has 0 saturated heterocycles. The Morgan fingerprint density at radius 3 is 2.18 bits per heavy atom. The first-order chi connectivity index (χ1) is 13.4. The predicted octanol–water partition coefficient (Wildman–Crippen LogP) is 3.04. The van der Waals surface area contributed by atoms with Gasteiger partial charge in [0, 0.05) is 0 Å². The summed E-state index contributed by atoms with van der Waals surface area (Å²) in [6.45, 7) is 3.73. The lowest BCUT2D eigenvalue weighted by atomic mass is 10.0. The van der Waals surface area contributed by atoms with Crippen molar-refractivity contribution in [3.05, 3.63) is 59.2 Å². The summed E-state index contributed by atoms with van der Waals surface area (Å²) in [5.74, 6) is -0.0575. The maximum atomic E-state index is 13.0. The zero-order valence-electron chi connectivity index (χ0n) is 15.7. The summed E-state index contributed by atoms with van der Waals surface area (Å²) in [6.07, 6.45) is 0. The number of imide groups is 1. The number of amides is 2. The number of rotatable bonds is 7. The Morgan fingerprint density at radius 1 is 1.07 bits per heavy atom. The third kappa shape index (κ3) is 3.41. The van der Waals surface area contributed by atoms with Crippen LogP contribution in [0.4, 0.5) is 0 Å². The minimum absolute atomic E-state index is 0.284. The van der Waals surface area contributed by atoms with Gasteiger partial charge in [-0.3, -0.25) is 14.5 Å². The molecule has 1 aliphatic rings. The van der Waals surface area contributed by atoms with Crippen LogP contribution in [0.1, 0.15) is 46.2 Å². The van der Waals surface area contributed by atoms with Crippen molar-refractivity contribution < 1.29 is 27.8 Å². The van der Waals surface area contributed by atoms with Gasteiger partial charge in [-0.25, -0.2) is 4.21 Å². The molecule has 2 amide bonds. The molecule has 28 heavy (non-hydrogen) atoms. The highest BCUT2D eigenvalue weighted by Crippen LogP contribution is 2.38. The van der Waals surface area contributed by atoms with E-state index < -0.39 is 34.2 Å². The lowest BCUT2D eigenvalue weighted by Gasteiger charge is -2.30. The molecule has 0 radical (unpaired) electrons. The molecule has 0 aromatic heterocycles. The zero-order chi connectivity index (χ0) is 20.4. The van der Waals surface area contributed by atoms with Crippen LogP contribution in [0.25, 0.3) is 0 Å². The first kappa shape index (κ1) is 20.0. The highest BCUT2D eigenvalue weighted by molar-refractivity contribution is 7.79. The number of carbonyl (C=O) groups excluding carboxylic acids is 2. The Balaban J connectivity index is 2.12. The molecule has 0 aliphatic carbocycles. The van der Waals surface area contributed by atoms with Crippen molar-refractivity contribution in [1.82, 2.24) is 4.90 Å². The Labute approximate surface area is 165 Å². The van der Waals surface area contributed by atoms with Gasteiger partial charge in [-0.15, -0.1) is 0 Å². The standard InChI is InChI=1S/C20H21NO6S/c1-4-27-17-11-13(9-10-16(17)26-3)18(12(2)28(24)25)21-19(22)14-7-5-6-8-15(14)20(21)23/h5-12,18H,4H2,1-3H3,(H,24,25). The second kappa shape index (κ2) is 8.12. The summed E-state index contributed by atoms with van der Waals surface area (Å²) < 4.78 is 32.5. The Morgan fingerprint density at radius 2 is 1.68 bits per heavy atom. The van der Waals surface area contributed by atoms with E-state index in [-0.39, 0.29) is 11.1 Å². The summed E-state index contributed by atoms with van der Waals surface area (Å²) in [6, 6.07) is 10.5. The molecule has 0 fully saturated rings. The van der Waals surface area contributed by atoms with Gasteiger partial charge in [0.15, 0.2) is 22.6 Å². The van der Waals surface area contributed by atoms with Crippen molar-refractivity contribution in [2.45, 2.75) is 25.1 Å². The number of methoxy groups -OCH3 is 1. The van der Waals surface area contributed by atoms with E-state index in [0.29, 0.717) is 23.7 Å². The second-order valence-corrected chi connectivity index (χ2v) is 7.59. The van der Waals surface area contributed by atoms with Gasteiger partial charge in [0.1, 0.15) is 0 Å². The number of benzene rings is 2. The maximum absolute atomic E-state index is 13.0. The molecule has 1 aliphatic heterocycles. The zero-order valence-corrected chi connectivity index (χ0v) is 16.6. The molecule has 3 rings (SSSR count). The average molecular weight is 403 g/mol. The first-order valence-corrected chi connectivity index (χ1v) is 9.95. The molecular weight excluding hydrogens is 382 g/mol. The Bertz CT molecular complexity index is 909. The van der Waals surface area contributed by atoms with Gasteiger partial charge in [0.2, 0.25) is 0 Å². The monoisotopic (exact) mass is 403 g/mol. The molecule has 148 valence electrons. The number of hydrogen-bond donors (Lipinski definition) is 1. The van der Waals surface area contributed by atoms with Crippen molar-refractivity contribution in [3.8, 4) is 11.5 Å². The van der Waals surface area contributed by atoms with Crippen LogP contribution in [0.15, 0.2) is 42.5 Å². The summed E-state index contributed by atoms with van der Waals surface area (Å²) in [4.78, 5) is 27.0. The normalized spacial score (nSPS) is 16.5. The molecule has 0 bridgehead atoms. The minimum atomic E-state index is -2.27. The fourth-order valence-electron chi connectivity index (χ4n) is 3.35. The minimum Gasteiger partial charge on any atom is -0.493 e. The van der Waals surface area contributed by atoms with Crippen molar-refractivity contribution in [2.24, 2.45) is 0 Å². The van der Waals surface area contributed by atoms with E-state index in [1.807, 2.05) is 6.92 Å². The Kier molecular flexibility index (Phi) is 5.81. The summed E-state index contributed by atoms with van der Waals surface area (Å²) in [5, 5.41) is -0.912. The van der Waals surface area contributed by atoms with Crippen LogP contribution in [0.2, 0.25) is 0 Å². The van der Waals surface area contributed by atoms with Crippen LogP contribution in [0.3, 0.4) is 0 Å². The van der Waals surface area contributed by atoms with Crippen molar-refractivity contribution >= 4 is 22.9 Å². The van der Waals surface area contributed by atoms with Crippen LogP contribution in [0.5, 0.6) is 11.5 Å². The van der Waals surface area contributed by atoms with Gasteiger partial charge in [0.05, 0.1) is 36.1 Å². The van der Waals surface area contributed by atoms with Crippen LogP contribution in [-0.4, -0.2) is 44.4 Å². The van der Waals surface area contributed by atoms with Crippen LogP contribution >= 0.6 is 0 Å². The van der Waals surface area contributed by atoms with Crippen LogP contribution in [0, 0.1) is 0 Å².